The summed E-state index contributed by atoms with van der Waals surface area (Å²) < 4.78 is 62.3. The van der Waals surface area contributed by atoms with Crippen molar-refractivity contribution in [3.63, 3.8) is 0 Å². The van der Waals surface area contributed by atoms with Crippen molar-refractivity contribution in [2.24, 2.45) is 0 Å². The molecular weight excluding hydrogens is 305 g/mol. The van der Waals surface area contributed by atoms with Gasteiger partial charge in [0.2, 0.25) is 0 Å². The van der Waals surface area contributed by atoms with Gasteiger partial charge in [-0.1, -0.05) is 0 Å². The van der Waals surface area contributed by atoms with Crippen LogP contribution < -0.4 is 0 Å². The second kappa shape index (κ2) is 4.53. The highest BCUT2D eigenvalue weighted by Crippen LogP contribution is 2.23. The Hall–Kier alpha value is -1.54. The molecule has 1 heterocycles. The molecule has 2 rings (SSSR count). The molecule has 1 aromatic carbocycles. The standard InChI is InChI=1S/C10H6ClF3N2O2S/c1-5-9(19(11,17)18)4-15-16(5)6-2-7(12)10(14)8(13)3-6/h2-4H,1H3. The molecule has 0 aliphatic carbocycles. The normalized spacial score (nSPS) is 11.8. The molecular formula is C10H6ClF3N2O2S. The van der Waals surface area contributed by atoms with Gasteiger partial charge in [0, 0.05) is 22.8 Å². The lowest BCUT2D eigenvalue weighted by Crippen LogP contribution is -2.03. The van der Waals surface area contributed by atoms with Crippen LogP contribution in [0.2, 0.25) is 0 Å². The molecule has 102 valence electrons. The summed E-state index contributed by atoms with van der Waals surface area (Å²) >= 11 is 0. The Bertz CT molecular complexity index is 735. The Morgan fingerprint density at radius 3 is 2.16 bits per heavy atom. The zero-order valence-electron chi connectivity index (χ0n) is 9.36. The molecule has 2 aromatic rings. The molecule has 0 aliphatic rings. The number of hydrogen-bond donors (Lipinski definition) is 0. The Balaban J connectivity index is 2.65. The van der Waals surface area contributed by atoms with Gasteiger partial charge in [-0.25, -0.2) is 26.3 Å². The number of halogens is 4. The summed E-state index contributed by atoms with van der Waals surface area (Å²) in [5.74, 6) is -4.42. The molecule has 0 saturated carbocycles. The molecule has 0 N–H and O–H groups in total. The van der Waals surface area contributed by atoms with Gasteiger partial charge in [0.05, 0.1) is 17.6 Å². The van der Waals surface area contributed by atoms with Crippen LogP contribution in [-0.2, 0) is 9.05 Å². The summed E-state index contributed by atoms with van der Waals surface area (Å²) in [4.78, 5) is -0.292. The van der Waals surface area contributed by atoms with Gasteiger partial charge in [-0.2, -0.15) is 5.10 Å². The summed E-state index contributed by atoms with van der Waals surface area (Å²) in [6, 6.07) is 1.39. The first-order chi connectivity index (χ1) is 8.71. The molecule has 0 aliphatic heterocycles. The third-order valence-electron chi connectivity index (χ3n) is 2.44. The first kappa shape index (κ1) is 13.9. The molecule has 0 saturated heterocycles. The van der Waals surface area contributed by atoms with Crippen molar-refractivity contribution in [2.45, 2.75) is 11.8 Å². The predicted octanol–water partition coefficient (Wildman–Crippen LogP) is 2.53. The number of aromatic nitrogens is 2. The summed E-state index contributed by atoms with van der Waals surface area (Å²) in [6.07, 6.45) is 0.941. The van der Waals surface area contributed by atoms with Crippen molar-refractivity contribution in [2.75, 3.05) is 0 Å². The second-order valence-corrected chi connectivity index (χ2v) is 6.20. The van der Waals surface area contributed by atoms with Crippen molar-refractivity contribution in [1.82, 2.24) is 9.78 Å². The summed E-state index contributed by atoms with van der Waals surface area (Å²) in [6.45, 7) is 1.35. The fourth-order valence-corrected chi connectivity index (χ4v) is 2.63. The molecule has 0 fully saturated rings. The van der Waals surface area contributed by atoms with Crippen molar-refractivity contribution in [3.8, 4) is 5.69 Å². The number of hydrogen-bond acceptors (Lipinski definition) is 3. The van der Waals surface area contributed by atoms with E-state index >= 15 is 0 Å². The van der Waals surface area contributed by atoms with E-state index in [1.807, 2.05) is 0 Å². The summed E-state index contributed by atoms with van der Waals surface area (Å²) in [7, 11) is 1.14. The zero-order chi connectivity index (χ0) is 14.4. The van der Waals surface area contributed by atoms with Crippen molar-refractivity contribution < 1.29 is 21.6 Å². The highest BCUT2D eigenvalue weighted by atomic mass is 35.7. The van der Waals surface area contributed by atoms with Crippen LogP contribution in [0, 0.1) is 24.4 Å². The number of rotatable bonds is 2. The van der Waals surface area contributed by atoms with E-state index in [-0.39, 0.29) is 16.3 Å². The Kier molecular flexibility index (Phi) is 3.31. The van der Waals surface area contributed by atoms with Gasteiger partial charge in [0.25, 0.3) is 9.05 Å². The fraction of sp³-hybridized carbons (Fsp3) is 0.100. The topological polar surface area (TPSA) is 52.0 Å². The van der Waals surface area contributed by atoms with Gasteiger partial charge in [0.15, 0.2) is 17.5 Å². The first-order valence-electron chi connectivity index (χ1n) is 4.86. The minimum atomic E-state index is -4.02. The van der Waals surface area contributed by atoms with Crippen LogP contribution in [0.25, 0.3) is 5.69 Å². The van der Waals surface area contributed by atoms with Crippen molar-refractivity contribution >= 4 is 19.7 Å². The largest absolute Gasteiger partial charge is 0.264 e. The Labute approximate surface area is 110 Å². The molecule has 0 amide bonds. The van der Waals surface area contributed by atoms with Crippen LogP contribution in [0.5, 0.6) is 0 Å². The molecule has 0 spiro atoms. The van der Waals surface area contributed by atoms with Gasteiger partial charge >= 0.3 is 0 Å². The van der Waals surface area contributed by atoms with Gasteiger partial charge in [-0.15, -0.1) is 0 Å². The molecule has 0 bridgehead atoms. The van der Waals surface area contributed by atoms with E-state index in [4.69, 9.17) is 10.7 Å². The second-order valence-electron chi connectivity index (χ2n) is 3.67. The first-order valence-corrected chi connectivity index (χ1v) is 7.17. The average molecular weight is 311 g/mol. The lowest BCUT2D eigenvalue weighted by Gasteiger charge is -2.06. The van der Waals surface area contributed by atoms with Crippen LogP contribution in [-0.4, -0.2) is 18.2 Å². The van der Waals surface area contributed by atoms with Gasteiger partial charge < -0.3 is 0 Å². The highest BCUT2D eigenvalue weighted by Gasteiger charge is 2.20. The molecule has 19 heavy (non-hydrogen) atoms. The van der Waals surface area contributed by atoms with E-state index in [2.05, 4.69) is 5.10 Å². The van der Waals surface area contributed by atoms with Crippen LogP contribution in [0.1, 0.15) is 5.69 Å². The molecule has 4 nitrogen and oxygen atoms in total. The molecule has 0 radical (unpaired) electrons. The minimum Gasteiger partial charge on any atom is -0.236 e. The molecule has 1 aromatic heterocycles. The maximum absolute atomic E-state index is 13.1. The smallest absolute Gasteiger partial charge is 0.236 e. The van der Waals surface area contributed by atoms with Gasteiger partial charge in [-0.3, -0.25) is 0 Å². The quantitative estimate of drug-likeness (QED) is 0.632. The maximum atomic E-state index is 13.1. The lowest BCUT2D eigenvalue weighted by molar-refractivity contribution is 0.446. The van der Waals surface area contributed by atoms with E-state index in [0.717, 1.165) is 10.9 Å². The van der Waals surface area contributed by atoms with E-state index in [1.54, 1.807) is 0 Å². The molecule has 9 heteroatoms. The molecule has 0 unspecified atom stereocenters. The van der Waals surface area contributed by atoms with Gasteiger partial charge in [0.1, 0.15) is 4.90 Å². The van der Waals surface area contributed by atoms with Crippen LogP contribution in [0.3, 0.4) is 0 Å². The number of nitrogens with zero attached hydrogens (tertiary/aromatic N) is 2. The molecule has 0 atom stereocenters. The summed E-state index contributed by atoms with van der Waals surface area (Å²) in [5.41, 5.74) is -0.0964. The van der Waals surface area contributed by atoms with Crippen molar-refractivity contribution in [1.29, 1.82) is 0 Å². The highest BCUT2D eigenvalue weighted by molar-refractivity contribution is 8.13. The SMILES string of the molecule is Cc1c(S(=O)(=O)Cl)cnn1-c1cc(F)c(F)c(F)c1. The third kappa shape index (κ3) is 2.45. The van der Waals surface area contributed by atoms with Gasteiger partial charge in [-0.05, 0) is 6.92 Å². The Morgan fingerprint density at radius 1 is 1.21 bits per heavy atom. The predicted molar refractivity (Wildman–Crippen MR) is 61.2 cm³/mol. The van der Waals surface area contributed by atoms with E-state index < -0.39 is 26.5 Å². The maximum Gasteiger partial charge on any atom is 0.264 e. The van der Waals surface area contributed by atoms with Crippen LogP contribution >= 0.6 is 10.7 Å². The van der Waals surface area contributed by atoms with E-state index in [0.29, 0.717) is 12.1 Å². The van der Waals surface area contributed by atoms with Crippen molar-refractivity contribution in [3.05, 3.63) is 41.5 Å². The van der Waals surface area contributed by atoms with Crippen LogP contribution in [0.4, 0.5) is 13.2 Å². The van der Waals surface area contributed by atoms with Crippen LogP contribution in [0.15, 0.2) is 23.2 Å². The van der Waals surface area contributed by atoms with E-state index in [1.165, 1.54) is 6.92 Å². The van der Waals surface area contributed by atoms with E-state index in [9.17, 15) is 21.6 Å². The zero-order valence-corrected chi connectivity index (χ0v) is 10.9. The Morgan fingerprint density at radius 2 is 1.74 bits per heavy atom. The lowest BCUT2D eigenvalue weighted by atomic mass is 10.3. The summed E-state index contributed by atoms with van der Waals surface area (Å²) in [5, 5.41) is 3.66. The fourth-order valence-electron chi connectivity index (χ4n) is 1.56. The monoisotopic (exact) mass is 310 g/mol. The average Bonchev–Trinajstić information content (AvgIpc) is 2.67. The third-order valence-corrected chi connectivity index (χ3v) is 3.87. The number of benzene rings is 1. The minimum absolute atomic E-state index is 0.0559.